The molecule has 0 radical (unpaired) electrons. The van der Waals surface area contributed by atoms with Gasteiger partial charge in [-0.25, -0.2) is 0 Å². The molecule has 0 bridgehead atoms. The molecular weight excluding hydrogens is 282 g/mol. The molecule has 3 nitrogen and oxygen atoms in total. The molecule has 0 atom stereocenters. The van der Waals surface area contributed by atoms with E-state index in [1.807, 2.05) is 5.38 Å². The van der Waals surface area contributed by atoms with Gasteiger partial charge in [-0.15, -0.1) is 11.3 Å². The van der Waals surface area contributed by atoms with Crippen molar-refractivity contribution in [1.29, 1.82) is 0 Å². The number of carbonyl (C=O) groups is 2. The van der Waals surface area contributed by atoms with E-state index in [9.17, 15) is 9.59 Å². The SMILES string of the molecule is O=C1c2ccccc2C(=O)c2ccccc21.c1cscn1. The third-order valence-electron chi connectivity index (χ3n) is 3.18. The highest BCUT2D eigenvalue weighted by Gasteiger charge is 2.28. The summed E-state index contributed by atoms with van der Waals surface area (Å²) in [5, 5.41) is 1.93. The number of nitrogens with zero attached hydrogens (tertiary/aromatic N) is 1. The number of aromatic nitrogens is 1. The summed E-state index contributed by atoms with van der Waals surface area (Å²) in [6, 6.07) is 13.9. The lowest BCUT2D eigenvalue weighted by molar-refractivity contribution is 0.0979. The molecule has 102 valence electrons. The Balaban J connectivity index is 0.000000225. The lowest BCUT2D eigenvalue weighted by atomic mass is 9.84. The molecule has 21 heavy (non-hydrogen) atoms. The zero-order chi connectivity index (χ0) is 14.7. The largest absolute Gasteiger partial charge is 0.289 e. The van der Waals surface area contributed by atoms with Crippen LogP contribution >= 0.6 is 11.3 Å². The number of rotatable bonds is 0. The summed E-state index contributed by atoms with van der Waals surface area (Å²) >= 11 is 1.60. The second-order valence-corrected chi connectivity index (χ2v) is 5.18. The van der Waals surface area contributed by atoms with Gasteiger partial charge in [-0.2, -0.15) is 0 Å². The molecule has 0 spiro atoms. The zero-order valence-corrected chi connectivity index (χ0v) is 11.8. The molecule has 1 aliphatic rings. The van der Waals surface area contributed by atoms with E-state index in [-0.39, 0.29) is 11.6 Å². The van der Waals surface area contributed by atoms with E-state index < -0.39 is 0 Å². The molecule has 0 saturated heterocycles. The van der Waals surface area contributed by atoms with Gasteiger partial charge in [0, 0.05) is 33.8 Å². The van der Waals surface area contributed by atoms with Gasteiger partial charge in [0.15, 0.2) is 11.6 Å². The summed E-state index contributed by atoms with van der Waals surface area (Å²) in [4.78, 5) is 27.9. The number of carbonyl (C=O) groups excluding carboxylic acids is 2. The van der Waals surface area contributed by atoms with Crippen LogP contribution in [0.1, 0.15) is 31.8 Å². The van der Waals surface area contributed by atoms with E-state index in [1.54, 1.807) is 71.6 Å². The van der Waals surface area contributed by atoms with Crippen molar-refractivity contribution < 1.29 is 9.59 Å². The van der Waals surface area contributed by atoms with Crippen molar-refractivity contribution in [2.75, 3.05) is 0 Å². The van der Waals surface area contributed by atoms with Crippen LogP contribution in [0.5, 0.6) is 0 Å². The second kappa shape index (κ2) is 5.81. The van der Waals surface area contributed by atoms with E-state index in [4.69, 9.17) is 0 Å². The first kappa shape index (κ1) is 13.4. The summed E-state index contributed by atoms with van der Waals surface area (Å²) in [5.41, 5.74) is 3.81. The molecule has 1 heterocycles. The van der Waals surface area contributed by atoms with Crippen LogP contribution < -0.4 is 0 Å². The Morgan fingerprint density at radius 1 is 0.714 bits per heavy atom. The third kappa shape index (κ3) is 2.53. The minimum Gasteiger partial charge on any atom is -0.289 e. The van der Waals surface area contributed by atoms with Crippen LogP contribution in [-0.4, -0.2) is 16.6 Å². The van der Waals surface area contributed by atoms with E-state index in [0.717, 1.165) is 0 Å². The van der Waals surface area contributed by atoms with Crippen LogP contribution in [0.2, 0.25) is 0 Å². The maximum Gasteiger partial charge on any atom is 0.194 e. The fourth-order valence-electron chi connectivity index (χ4n) is 2.22. The quantitative estimate of drug-likeness (QED) is 0.497. The Morgan fingerprint density at radius 2 is 1.14 bits per heavy atom. The van der Waals surface area contributed by atoms with E-state index in [2.05, 4.69) is 4.98 Å². The molecule has 1 aromatic heterocycles. The summed E-state index contributed by atoms with van der Waals surface area (Å²) in [5.74, 6) is -0.128. The van der Waals surface area contributed by atoms with E-state index in [0.29, 0.717) is 22.3 Å². The summed E-state index contributed by atoms with van der Waals surface area (Å²) < 4.78 is 0. The van der Waals surface area contributed by atoms with Crippen molar-refractivity contribution in [3.8, 4) is 0 Å². The first-order valence-corrected chi connectivity index (χ1v) is 7.33. The minimum atomic E-state index is -0.0641. The fraction of sp³-hybridized carbons (Fsp3) is 0. The average Bonchev–Trinajstić information content (AvgIpc) is 3.12. The van der Waals surface area contributed by atoms with Crippen LogP contribution in [0, 0.1) is 0 Å². The van der Waals surface area contributed by atoms with Crippen molar-refractivity contribution in [3.05, 3.63) is 87.9 Å². The molecule has 1 aliphatic carbocycles. The molecule has 0 saturated carbocycles. The molecule has 0 fully saturated rings. The number of fused-ring (bicyclic) bond motifs is 2. The number of hydrogen-bond acceptors (Lipinski definition) is 4. The number of hydrogen-bond donors (Lipinski definition) is 0. The lowest BCUT2D eigenvalue weighted by Gasteiger charge is -2.16. The minimum absolute atomic E-state index is 0.0641. The fourth-order valence-corrected chi connectivity index (χ4v) is 2.58. The summed E-state index contributed by atoms with van der Waals surface area (Å²) in [6.07, 6.45) is 1.77. The highest BCUT2D eigenvalue weighted by atomic mass is 32.1. The van der Waals surface area contributed by atoms with Crippen molar-refractivity contribution in [2.24, 2.45) is 0 Å². The van der Waals surface area contributed by atoms with Crippen molar-refractivity contribution in [3.63, 3.8) is 0 Å². The second-order valence-electron chi connectivity index (χ2n) is 4.43. The van der Waals surface area contributed by atoms with Gasteiger partial charge >= 0.3 is 0 Å². The van der Waals surface area contributed by atoms with Crippen molar-refractivity contribution in [1.82, 2.24) is 4.98 Å². The highest BCUT2D eigenvalue weighted by Crippen LogP contribution is 2.26. The number of benzene rings is 2. The Hall–Kier alpha value is -2.59. The van der Waals surface area contributed by atoms with Crippen LogP contribution in [0.25, 0.3) is 0 Å². The Bertz CT molecular complexity index is 671. The van der Waals surface area contributed by atoms with Crippen LogP contribution in [0.4, 0.5) is 0 Å². The van der Waals surface area contributed by atoms with Gasteiger partial charge in [0.2, 0.25) is 0 Å². The monoisotopic (exact) mass is 293 g/mol. The van der Waals surface area contributed by atoms with Gasteiger partial charge in [-0.3, -0.25) is 14.6 Å². The highest BCUT2D eigenvalue weighted by molar-refractivity contribution is 7.07. The molecule has 0 amide bonds. The lowest BCUT2D eigenvalue weighted by Crippen LogP contribution is -2.20. The molecule has 0 unspecified atom stereocenters. The van der Waals surface area contributed by atoms with Gasteiger partial charge in [0.05, 0.1) is 5.51 Å². The van der Waals surface area contributed by atoms with Crippen molar-refractivity contribution in [2.45, 2.75) is 0 Å². The van der Waals surface area contributed by atoms with Gasteiger partial charge < -0.3 is 0 Å². The smallest absolute Gasteiger partial charge is 0.194 e. The van der Waals surface area contributed by atoms with Gasteiger partial charge in [-0.05, 0) is 0 Å². The standard InChI is InChI=1S/C14H8O2.C3H3NS/c15-13-9-5-1-2-6-10(9)14(16)12-8-4-3-7-11(12)13;1-2-5-3-4-1/h1-8H;1-3H. The van der Waals surface area contributed by atoms with Crippen LogP contribution in [0.3, 0.4) is 0 Å². The van der Waals surface area contributed by atoms with Crippen LogP contribution in [-0.2, 0) is 0 Å². The van der Waals surface area contributed by atoms with Gasteiger partial charge in [0.25, 0.3) is 0 Å². The molecule has 3 aromatic rings. The molecule has 4 rings (SSSR count). The summed E-state index contributed by atoms with van der Waals surface area (Å²) in [6.45, 7) is 0. The molecule has 0 N–H and O–H groups in total. The number of ketones is 2. The first-order chi connectivity index (χ1) is 10.3. The normalized spacial score (nSPS) is 12.0. The number of thiazole rings is 1. The molecule has 2 aromatic carbocycles. The van der Waals surface area contributed by atoms with Crippen LogP contribution in [0.15, 0.2) is 65.6 Å². The Labute approximate surface area is 125 Å². The molecule has 4 heteroatoms. The maximum atomic E-state index is 12.1. The topological polar surface area (TPSA) is 47.0 Å². The van der Waals surface area contributed by atoms with E-state index in [1.165, 1.54) is 0 Å². The molecule has 0 aliphatic heterocycles. The van der Waals surface area contributed by atoms with E-state index >= 15 is 0 Å². The molecular formula is C17H11NO2S. The Kier molecular flexibility index (Phi) is 3.71. The maximum absolute atomic E-state index is 12.1. The summed E-state index contributed by atoms with van der Waals surface area (Å²) in [7, 11) is 0. The first-order valence-electron chi connectivity index (χ1n) is 6.38. The zero-order valence-electron chi connectivity index (χ0n) is 11.0. The third-order valence-corrected chi connectivity index (χ3v) is 3.70. The Morgan fingerprint density at radius 3 is 1.38 bits per heavy atom. The predicted molar refractivity (Wildman–Crippen MR) is 81.9 cm³/mol. The van der Waals surface area contributed by atoms with Gasteiger partial charge in [-0.1, -0.05) is 48.5 Å². The predicted octanol–water partition coefficient (Wildman–Crippen LogP) is 3.61. The van der Waals surface area contributed by atoms with Crippen molar-refractivity contribution >= 4 is 22.9 Å². The average molecular weight is 293 g/mol. The van der Waals surface area contributed by atoms with Gasteiger partial charge in [0.1, 0.15) is 0 Å².